The molecule has 0 amide bonds. The number of benzene rings is 1. The number of methoxy groups -OCH3 is 1. The van der Waals surface area contributed by atoms with Gasteiger partial charge in [-0.15, -0.1) is 11.8 Å². The number of rotatable bonds is 22. The van der Waals surface area contributed by atoms with Crippen molar-refractivity contribution in [3.8, 4) is 5.75 Å². The van der Waals surface area contributed by atoms with E-state index in [2.05, 4.69) is 11.9 Å². The minimum atomic E-state index is -0.487. The van der Waals surface area contributed by atoms with Crippen molar-refractivity contribution in [3.63, 3.8) is 0 Å². The van der Waals surface area contributed by atoms with Gasteiger partial charge < -0.3 is 9.47 Å². The maximum atomic E-state index is 12.5. The molecule has 1 aromatic carbocycles. The van der Waals surface area contributed by atoms with Crippen molar-refractivity contribution >= 4 is 28.6 Å². The zero-order valence-electron chi connectivity index (χ0n) is 23.3. The molecule has 1 atom stereocenters. The number of hydrogen-bond donors (Lipinski definition) is 0. The zero-order valence-corrected chi connectivity index (χ0v) is 24.1. The zero-order chi connectivity index (χ0) is 26.6. The first-order valence-corrected chi connectivity index (χ1v) is 15.7. The third kappa shape index (κ3) is 14.1. The van der Waals surface area contributed by atoms with Gasteiger partial charge in [-0.1, -0.05) is 115 Å². The number of aliphatic imine (C=N–C) groups is 1. The number of nitrogens with zero attached hydrogens (tertiary/aromatic N) is 1. The SMILES string of the molecule is CCCCCCCCCCCCCCCCCCOC(=O)C1CSC(CC(=O)c2cccc(OC)c2)=N1. The molecular formula is C31H49NO4S. The third-order valence-electron chi connectivity index (χ3n) is 6.93. The Labute approximate surface area is 229 Å². The summed E-state index contributed by atoms with van der Waals surface area (Å²) in [4.78, 5) is 29.3. The van der Waals surface area contributed by atoms with Crippen molar-refractivity contribution in [2.24, 2.45) is 4.99 Å². The fraction of sp³-hybridized carbons (Fsp3) is 0.710. The highest BCUT2D eigenvalue weighted by Gasteiger charge is 2.27. The van der Waals surface area contributed by atoms with Gasteiger partial charge in [0, 0.05) is 11.3 Å². The highest BCUT2D eigenvalue weighted by atomic mass is 32.2. The highest BCUT2D eigenvalue weighted by molar-refractivity contribution is 8.14. The van der Waals surface area contributed by atoms with Crippen LogP contribution in [0.3, 0.4) is 0 Å². The summed E-state index contributed by atoms with van der Waals surface area (Å²) in [6, 6.07) is 6.62. The summed E-state index contributed by atoms with van der Waals surface area (Å²) in [6.07, 6.45) is 21.4. The number of ketones is 1. The van der Waals surface area contributed by atoms with E-state index in [-0.39, 0.29) is 18.2 Å². The van der Waals surface area contributed by atoms with Gasteiger partial charge in [-0.05, 0) is 18.6 Å². The summed E-state index contributed by atoms with van der Waals surface area (Å²) in [5, 5.41) is 0.706. The number of carbonyl (C=O) groups is 2. The Bertz CT molecular complexity index is 810. The van der Waals surface area contributed by atoms with E-state index in [0.717, 1.165) is 12.8 Å². The van der Waals surface area contributed by atoms with Crippen LogP contribution in [-0.2, 0) is 9.53 Å². The monoisotopic (exact) mass is 531 g/mol. The number of carbonyl (C=O) groups excluding carboxylic acids is 2. The van der Waals surface area contributed by atoms with E-state index in [4.69, 9.17) is 9.47 Å². The lowest BCUT2D eigenvalue weighted by Gasteiger charge is -2.07. The van der Waals surface area contributed by atoms with Crippen LogP contribution >= 0.6 is 11.8 Å². The number of thioether (sulfide) groups is 1. The summed E-state index contributed by atoms with van der Waals surface area (Å²) in [5.41, 5.74) is 0.595. The second-order valence-corrected chi connectivity index (χ2v) is 11.2. The lowest BCUT2D eigenvalue weighted by molar-refractivity contribution is -0.144. The Morgan fingerprint density at radius 2 is 1.43 bits per heavy atom. The first-order chi connectivity index (χ1) is 18.1. The maximum Gasteiger partial charge on any atom is 0.331 e. The summed E-state index contributed by atoms with van der Waals surface area (Å²) in [5.74, 6) is 0.922. The molecule has 0 spiro atoms. The molecule has 0 aliphatic carbocycles. The van der Waals surface area contributed by atoms with E-state index in [1.165, 1.54) is 102 Å². The van der Waals surface area contributed by atoms with Gasteiger partial charge in [0.25, 0.3) is 0 Å². The van der Waals surface area contributed by atoms with E-state index in [1.807, 2.05) is 6.07 Å². The fourth-order valence-electron chi connectivity index (χ4n) is 4.60. The van der Waals surface area contributed by atoms with E-state index >= 15 is 0 Å². The van der Waals surface area contributed by atoms with Gasteiger partial charge in [0.15, 0.2) is 11.8 Å². The molecule has 1 unspecified atom stereocenters. The fourth-order valence-corrected chi connectivity index (χ4v) is 5.59. The van der Waals surface area contributed by atoms with Crippen molar-refractivity contribution in [2.45, 2.75) is 122 Å². The summed E-state index contributed by atoms with van der Waals surface area (Å²) in [6.45, 7) is 2.74. The van der Waals surface area contributed by atoms with Crippen molar-refractivity contribution in [3.05, 3.63) is 29.8 Å². The predicted molar refractivity (Wildman–Crippen MR) is 156 cm³/mol. The van der Waals surface area contributed by atoms with Crippen LogP contribution in [0.1, 0.15) is 126 Å². The molecule has 0 saturated carbocycles. The average molecular weight is 532 g/mol. The van der Waals surface area contributed by atoms with Crippen molar-refractivity contribution in [1.82, 2.24) is 0 Å². The Kier molecular flexibility index (Phi) is 17.1. The highest BCUT2D eigenvalue weighted by Crippen LogP contribution is 2.24. The minimum absolute atomic E-state index is 0.0210. The number of hydrogen-bond acceptors (Lipinski definition) is 6. The molecule has 0 fully saturated rings. The van der Waals surface area contributed by atoms with Gasteiger partial charge >= 0.3 is 5.97 Å². The van der Waals surface area contributed by atoms with Crippen LogP contribution in [0.15, 0.2) is 29.3 Å². The molecule has 0 saturated heterocycles. The molecule has 37 heavy (non-hydrogen) atoms. The van der Waals surface area contributed by atoms with Crippen molar-refractivity contribution < 1.29 is 19.1 Å². The van der Waals surface area contributed by atoms with Crippen LogP contribution in [0.25, 0.3) is 0 Å². The van der Waals surface area contributed by atoms with Crippen molar-refractivity contribution in [2.75, 3.05) is 19.5 Å². The molecule has 0 bridgehead atoms. The second-order valence-electron chi connectivity index (χ2n) is 10.2. The number of unbranched alkanes of at least 4 members (excludes halogenated alkanes) is 15. The van der Waals surface area contributed by atoms with Crippen LogP contribution in [-0.4, -0.2) is 42.3 Å². The molecular weight excluding hydrogens is 482 g/mol. The topological polar surface area (TPSA) is 65.0 Å². The second kappa shape index (κ2) is 20.2. The molecule has 1 aliphatic rings. The van der Waals surface area contributed by atoms with Crippen LogP contribution in [0.4, 0.5) is 0 Å². The van der Waals surface area contributed by atoms with Gasteiger partial charge in [0.1, 0.15) is 5.75 Å². The van der Waals surface area contributed by atoms with Crippen LogP contribution in [0.2, 0.25) is 0 Å². The number of esters is 1. The largest absolute Gasteiger partial charge is 0.497 e. The lowest BCUT2D eigenvalue weighted by atomic mass is 10.0. The van der Waals surface area contributed by atoms with Gasteiger partial charge in [0.05, 0.1) is 25.2 Å². The summed E-state index contributed by atoms with van der Waals surface area (Å²) < 4.78 is 10.6. The van der Waals surface area contributed by atoms with Crippen LogP contribution in [0, 0.1) is 0 Å². The molecule has 5 nitrogen and oxygen atoms in total. The first-order valence-electron chi connectivity index (χ1n) is 14.7. The smallest absolute Gasteiger partial charge is 0.331 e. The molecule has 1 heterocycles. The van der Waals surface area contributed by atoms with Gasteiger partial charge in [-0.25, -0.2) is 4.79 Å². The quantitative estimate of drug-likeness (QED) is 0.0851. The minimum Gasteiger partial charge on any atom is -0.497 e. The molecule has 0 aromatic heterocycles. The maximum absolute atomic E-state index is 12.5. The van der Waals surface area contributed by atoms with Crippen LogP contribution < -0.4 is 4.74 Å². The number of Topliss-reactive ketones (excluding diaryl/α,β-unsaturated/α-hetero) is 1. The normalized spacial score (nSPS) is 15.0. The molecule has 0 radical (unpaired) electrons. The summed E-state index contributed by atoms with van der Waals surface area (Å²) >= 11 is 1.47. The molecule has 6 heteroatoms. The van der Waals surface area contributed by atoms with Gasteiger partial charge in [-0.2, -0.15) is 0 Å². The van der Waals surface area contributed by atoms with E-state index in [1.54, 1.807) is 25.3 Å². The third-order valence-corrected chi connectivity index (χ3v) is 7.99. The van der Waals surface area contributed by atoms with Crippen LogP contribution in [0.5, 0.6) is 5.75 Å². The molecule has 1 aliphatic heterocycles. The molecule has 208 valence electrons. The lowest BCUT2D eigenvalue weighted by Crippen LogP contribution is -2.22. The molecule has 2 rings (SSSR count). The Balaban J connectivity index is 1.43. The average Bonchev–Trinajstić information content (AvgIpc) is 3.39. The Morgan fingerprint density at radius 3 is 2.00 bits per heavy atom. The van der Waals surface area contributed by atoms with Gasteiger partial charge in [0.2, 0.25) is 0 Å². The molecule has 0 N–H and O–H groups in total. The van der Waals surface area contributed by atoms with Gasteiger partial charge in [-0.3, -0.25) is 9.79 Å². The Hall–Kier alpha value is -1.82. The predicted octanol–water partition coefficient (Wildman–Crippen LogP) is 8.59. The van der Waals surface area contributed by atoms with Crippen molar-refractivity contribution in [1.29, 1.82) is 0 Å². The summed E-state index contributed by atoms with van der Waals surface area (Å²) in [7, 11) is 1.58. The van der Waals surface area contributed by atoms with E-state index in [9.17, 15) is 9.59 Å². The molecule has 1 aromatic rings. The van der Waals surface area contributed by atoms with E-state index in [0.29, 0.717) is 28.7 Å². The number of ether oxygens (including phenoxy) is 2. The standard InChI is InChI=1S/C31H49NO4S/c1-3-4-5-6-7-8-9-10-11-12-13-14-15-16-17-18-22-36-31(34)28-25-37-30(32-28)24-29(33)26-20-19-21-27(23-26)35-2/h19-21,23,28H,3-18,22,24-25H2,1-2H3. The first kappa shape index (κ1) is 31.4. The van der Waals surface area contributed by atoms with E-state index < -0.39 is 6.04 Å². The Morgan fingerprint density at radius 1 is 0.865 bits per heavy atom.